The van der Waals surface area contributed by atoms with E-state index >= 15 is 0 Å². The second-order valence-electron chi connectivity index (χ2n) is 8.89. The standard InChI is InChI=1S/C28H31Cl2N3O4S/c1-4-16-31-28(35)21(3)32(18-22-8-7-9-23(29)17-22)27(34)19-33(26-11-6-5-10-25(26)30)38(36,37)24-14-12-20(2)13-15-24/h5-15,17,21H,4,16,18-19H2,1-3H3,(H,31,35)/t21-/m0/s1. The number of hydrogen-bond donors (Lipinski definition) is 1. The lowest BCUT2D eigenvalue weighted by Gasteiger charge is -2.32. The minimum atomic E-state index is -4.18. The summed E-state index contributed by atoms with van der Waals surface area (Å²) in [6.07, 6.45) is 0.732. The van der Waals surface area contributed by atoms with Crippen molar-refractivity contribution >= 4 is 50.7 Å². The molecular weight excluding hydrogens is 545 g/mol. The Labute approximate surface area is 234 Å². The maximum absolute atomic E-state index is 13.8. The molecule has 0 spiro atoms. The summed E-state index contributed by atoms with van der Waals surface area (Å²) in [5.74, 6) is -0.910. The summed E-state index contributed by atoms with van der Waals surface area (Å²) >= 11 is 12.6. The minimum Gasteiger partial charge on any atom is -0.354 e. The molecule has 0 unspecified atom stereocenters. The minimum absolute atomic E-state index is 0.0194. The van der Waals surface area contributed by atoms with E-state index in [4.69, 9.17) is 23.2 Å². The highest BCUT2D eigenvalue weighted by Crippen LogP contribution is 2.31. The highest BCUT2D eigenvalue weighted by Gasteiger charge is 2.33. The van der Waals surface area contributed by atoms with E-state index in [1.54, 1.807) is 67.6 Å². The maximum Gasteiger partial charge on any atom is 0.264 e. The van der Waals surface area contributed by atoms with E-state index in [2.05, 4.69) is 5.32 Å². The molecule has 0 heterocycles. The molecule has 0 radical (unpaired) electrons. The van der Waals surface area contributed by atoms with Gasteiger partial charge in [-0.05, 0) is 62.2 Å². The number of amides is 2. The van der Waals surface area contributed by atoms with Gasteiger partial charge in [0.05, 0.1) is 15.6 Å². The number of rotatable bonds is 11. The lowest BCUT2D eigenvalue weighted by atomic mass is 10.1. The second-order valence-corrected chi connectivity index (χ2v) is 11.6. The number of hydrogen-bond acceptors (Lipinski definition) is 4. The number of nitrogens with zero attached hydrogens (tertiary/aromatic N) is 2. The van der Waals surface area contributed by atoms with Crippen LogP contribution in [0.1, 0.15) is 31.4 Å². The molecule has 3 rings (SSSR count). The average Bonchev–Trinajstić information content (AvgIpc) is 2.89. The van der Waals surface area contributed by atoms with Crippen LogP contribution in [0.15, 0.2) is 77.7 Å². The SMILES string of the molecule is CCCNC(=O)[C@H](C)N(Cc1cccc(Cl)c1)C(=O)CN(c1ccccc1Cl)S(=O)(=O)c1ccc(C)cc1. The lowest BCUT2D eigenvalue weighted by molar-refractivity contribution is -0.139. The predicted molar refractivity (Wildman–Crippen MR) is 152 cm³/mol. The number of halogens is 2. The van der Waals surface area contributed by atoms with E-state index < -0.39 is 28.5 Å². The van der Waals surface area contributed by atoms with Crippen LogP contribution >= 0.6 is 23.2 Å². The van der Waals surface area contributed by atoms with Crippen molar-refractivity contribution in [2.45, 2.75) is 44.7 Å². The van der Waals surface area contributed by atoms with Crippen molar-refractivity contribution in [3.05, 3.63) is 94.0 Å². The fourth-order valence-corrected chi connectivity index (χ4v) is 5.75. The summed E-state index contributed by atoms with van der Waals surface area (Å²) in [5, 5.41) is 3.46. The molecule has 0 aliphatic carbocycles. The summed E-state index contributed by atoms with van der Waals surface area (Å²) in [6, 6.07) is 18.9. The Balaban J connectivity index is 2.03. The molecule has 0 fully saturated rings. The molecular formula is C28H31Cl2N3O4S. The van der Waals surface area contributed by atoms with Gasteiger partial charge >= 0.3 is 0 Å². The van der Waals surface area contributed by atoms with Gasteiger partial charge in [-0.2, -0.15) is 0 Å². The molecule has 0 aromatic heterocycles. The molecule has 0 saturated heterocycles. The molecule has 2 amide bonds. The number of anilines is 1. The van der Waals surface area contributed by atoms with E-state index in [0.29, 0.717) is 17.1 Å². The molecule has 3 aromatic carbocycles. The van der Waals surface area contributed by atoms with Gasteiger partial charge in [-0.25, -0.2) is 8.42 Å². The summed E-state index contributed by atoms with van der Waals surface area (Å²) in [5.41, 5.74) is 1.75. The molecule has 202 valence electrons. The van der Waals surface area contributed by atoms with Crippen LogP contribution in [0.2, 0.25) is 10.0 Å². The Bertz CT molecular complexity index is 1380. The van der Waals surface area contributed by atoms with E-state index in [9.17, 15) is 18.0 Å². The van der Waals surface area contributed by atoms with E-state index in [0.717, 1.165) is 16.3 Å². The van der Waals surface area contributed by atoms with Crippen LogP contribution < -0.4 is 9.62 Å². The predicted octanol–water partition coefficient (Wildman–Crippen LogP) is 5.44. The summed E-state index contributed by atoms with van der Waals surface area (Å²) in [4.78, 5) is 28.1. The molecule has 0 aliphatic heterocycles. The van der Waals surface area contributed by atoms with Crippen molar-refractivity contribution in [2.24, 2.45) is 0 Å². The highest BCUT2D eigenvalue weighted by atomic mass is 35.5. The van der Waals surface area contributed by atoms with Gasteiger partial charge in [-0.15, -0.1) is 0 Å². The van der Waals surface area contributed by atoms with Gasteiger partial charge in [0, 0.05) is 18.1 Å². The first kappa shape index (κ1) is 29.5. The van der Waals surface area contributed by atoms with Crippen LogP contribution in [0.4, 0.5) is 5.69 Å². The Morgan fingerprint density at radius 3 is 2.29 bits per heavy atom. The molecule has 1 N–H and O–H groups in total. The summed E-state index contributed by atoms with van der Waals surface area (Å²) in [7, 11) is -4.18. The molecule has 0 bridgehead atoms. The quantitative estimate of drug-likeness (QED) is 0.330. The van der Waals surface area contributed by atoms with Gasteiger partial charge in [0.1, 0.15) is 12.6 Å². The molecule has 3 aromatic rings. The number of nitrogens with one attached hydrogen (secondary N) is 1. The topological polar surface area (TPSA) is 86.8 Å². The van der Waals surface area contributed by atoms with Crippen LogP contribution in [0, 0.1) is 6.92 Å². The lowest BCUT2D eigenvalue weighted by Crippen LogP contribution is -2.51. The number of benzene rings is 3. The fraction of sp³-hybridized carbons (Fsp3) is 0.286. The number of para-hydroxylation sites is 1. The van der Waals surface area contributed by atoms with E-state index in [-0.39, 0.29) is 28.1 Å². The van der Waals surface area contributed by atoms with Crippen LogP contribution in [-0.4, -0.2) is 44.3 Å². The molecule has 7 nitrogen and oxygen atoms in total. The number of sulfonamides is 1. The third-order valence-corrected chi connectivity index (χ3v) is 8.30. The van der Waals surface area contributed by atoms with Gasteiger partial charge in [0.2, 0.25) is 11.8 Å². The van der Waals surface area contributed by atoms with E-state index in [1.165, 1.54) is 17.0 Å². The third kappa shape index (κ3) is 7.28. The summed E-state index contributed by atoms with van der Waals surface area (Å²) < 4.78 is 28.6. The largest absolute Gasteiger partial charge is 0.354 e. The Hall–Kier alpha value is -3.07. The van der Waals surface area contributed by atoms with Crippen molar-refractivity contribution in [2.75, 3.05) is 17.4 Å². The average molecular weight is 577 g/mol. The maximum atomic E-state index is 13.8. The van der Waals surface area contributed by atoms with Crippen molar-refractivity contribution in [3.63, 3.8) is 0 Å². The van der Waals surface area contributed by atoms with Crippen LogP contribution in [-0.2, 0) is 26.2 Å². The van der Waals surface area contributed by atoms with Crippen LogP contribution in [0.3, 0.4) is 0 Å². The zero-order chi connectivity index (χ0) is 27.9. The van der Waals surface area contributed by atoms with Crippen molar-refractivity contribution < 1.29 is 18.0 Å². The van der Waals surface area contributed by atoms with Gasteiger partial charge in [-0.1, -0.05) is 72.1 Å². The van der Waals surface area contributed by atoms with Gasteiger partial charge in [0.25, 0.3) is 10.0 Å². The van der Waals surface area contributed by atoms with Crippen molar-refractivity contribution in [3.8, 4) is 0 Å². The molecule has 1 atom stereocenters. The van der Waals surface area contributed by atoms with Gasteiger partial charge < -0.3 is 10.2 Å². The van der Waals surface area contributed by atoms with E-state index in [1.807, 2.05) is 13.8 Å². The number of carbonyl (C=O) groups is 2. The van der Waals surface area contributed by atoms with Gasteiger partial charge in [-0.3, -0.25) is 13.9 Å². The first-order valence-electron chi connectivity index (χ1n) is 12.2. The molecule has 0 saturated carbocycles. The van der Waals surface area contributed by atoms with Crippen LogP contribution in [0.25, 0.3) is 0 Å². The molecule has 38 heavy (non-hydrogen) atoms. The van der Waals surface area contributed by atoms with Crippen LogP contribution in [0.5, 0.6) is 0 Å². The van der Waals surface area contributed by atoms with Crippen molar-refractivity contribution in [1.82, 2.24) is 10.2 Å². The zero-order valence-electron chi connectivity index (χ0n) is 21.5. The molecule has 10 heteroatoms. The smallest absolute Gasteiger partial charge is 0.264 e. The van der Waals surface area contributed by atoms with Gasteiger partial charge in [0.15, 0.2) is 0 Å². The Morgan fingerprint density at radius 1 is 0.974 bits per heavy atom. The number of carbonyl (C=O) groups excluding carboxylic acids is 2. The Kier molecular flexibility index (Phi) is 10.2. The first-order chi connectivity index (χ1) is 18.0. The zero-order valence-corrected chi connectivity index (χ0v) is 23.9. The van der Waals surface area contributed by atoms with Crippen molar-refractivity contribution in [1.29, 1.82) is 0 Å². The normalized spacial score (nSPS) is 12.0. The third-order valence-electron chi connectivity index (χ3n) is 5.97. The molecule has 0 aliphatic rings. The Morgan fingerprint density at radius 2 is 1.66 bits per heavy atom. The monoisotopic (exact) mass is 575 g/mol. The summed E-state index contributed by atoms with van der Waals surface area (Å²) in [6.45, 7) is 5.34. The first-order valence-corrected chi connectivity index (χ1v) is 14.4. The highest BCUT2D eigenvalue weighted by molar-refractivity contribution is 7.92. The fourth-order valence-electron chi connectivity index (χ4n) is 3.82. The number of aryl methyl sites for hydroxylation is 1. The second kappa shape index (κ2) is 13.1.